The van der Waals surface area contributed by atoms with Gasteiger partial charge in [0, 0.05) is 10.4 Å². The molecule has 6 nitrogen and oxygen atoms in total. The number of benzene rings is 2. The number of hydrogen-bond acceptors (Lipinski definition) is 4. The number of hydrogen-bond donors (Lipinski definition) is 1. The molecule has 4 aromatic rings. The number of rotatable bonds is 2. The summed E-state index contributed by atoms with van der Waals surface area (Å²) in [6.07, 6.45) is 1.69. The van der Waals surface area contributed by atoms with Crippen LogP contribution in [-0.2, 0) is 5.41 Å². The van der Waals surface area contributed by atoms with Crippen molar-refractivity contribution < 1.29 is 0 Å². The molecule has 0 unspecified atom stereocenters. The highest BCUT2D eigenvalue weighted by atomic mass is 35.5. The van der Waals surface area contributed by atoms with Crippen molar-refractivity contribution in [3.8, 4) is 12.1 Å². The van der Waals surface area contributed by atoms with E-state index in [0.29, 0.717) is 38.4 Å². The van der Waals surface area contributed by atoms with E-state index in [1.807, 2.05) is 30.3 Å². The van der Waals surface area contributed by atoms with Crippen LogP contribution < -0.4 is 5.56 Å². The highest BCUT2D eigenvalue weighted by Gasteiger charge is 2.50. The lowest BCUT2D eigenvalue weighted by molar-refractivity contribution is 0.762. The topological polar surface area (TPSA) is 97.7 Å². The molecular weight excluding hydrogens is 374 g/mol. The molecule has 0 spiro atoms. The maximum absolute atomic E-state index is 13.0. The van der Waals surface area contributed by atoms with Gasteiger partial charge in [0.05, 0.1) is 28.2 Å². The van der Waals surface area contributed by atoms with Crippen LogP contribution in [0.1, 0.15) is 35.2 Å². The van der Waals surface area contributed by atoms with Gasteiger partial charge in [-0.2, -0.15) is 20.1 Å². The molecule has 0 bridgehead atoms. The smallest absolute Gasteiger partial charge is 0.282 e. The number of nitrogens with one attached hydrogen (secondary N) is 1. The minimum absolute atomic E-state index is 0.351. The van der Waals surface area contributed by atoms with E-state index in [-0.39, 0.29) is 11.0 Å². The van der Waals surface area contributed by atoms with Crippen molar-refractivity contribution in [2.45, 2.75) is 18.3 Å². The predicted octanol–water partition coefficient (Wildman–Crippen LogP) is 3.65. The summed E-state index contributed by atoms with van der Waals surface area (Å²) in [5.41, 5.74) is 2.60. The van der Waals surface area contributed by atoms with Crippen molar-refractivity contribution in [2.75, 3.05) is 0 Å². The molecule has 2 heterocycles. The lowest BCUT2D eigenvalue weighted by atomic mass is 9.90. The summed E-state index contributed by atoms with van der Waals surface area (Å²) in [5, 5.41) is 24.5. The van der Waals surface area contributed by atoms with Gasteiger partial charge >= 0.3 is 0 Å². The Balaban J connectivity index is 1.82. The molecule has 0 saturated heterocycles. The van der Waals surface area contributed by atoms with Gasteiger partial charge in [-0.1, -0.05) is 23.7 Å². The van der Waals surface area contributed by atoms with Crippen molar-refractivity contribution >= 4 is 28.2 Å². The molecule has 1 fully saturated rings. The standard InChI is InChI=1S/C21H12ClN5O/c22-14-4-2-13(3-5-14)21(7-8-21)18-16(11-24)19-25-17-6-1-12(10-23)9-15(17)20(28)27(19)26-18/h1-6,9,25H,7-8H2. The van der Waals surface area contributed by atoms with Crippen LogP contribution in [0.15, 0.2) is 47.3 Å². The number of H-pyrrole nitrogens is 1. The van der Waals surface area contributed by atoms with Crippen molar-refractivity contribution in [1.29, 1.82) is 10.5 Å². The van der Waals surface area contributed by atoms with Crippen molar-refractivity contribution in [2.24, 2.45) is 0 Å². The quantitative estimate of drug-likeness (QED) is 0.569. The van der Waals surface area contributed by atoms with Gasteiger partial charge in [0.15, 0.2) is 5.65 Å². The molecule has 5 rings (SSSR count). The van der Waals surface area contributed by atoms with Crippen molar-refractivity contribution in [3.63, 3.8) is 0 Å². The van der Waals surface area contributed by atoms with E-state index in [4.69, 9.17) is 16.9 Å². The van der Waals surface area contributed by atoms with Crippen LogP contribution in [0.4, 0.5) is 0 Å². The van der Waals surface area contributed by atoms with Gasteiger partial charge in [-0.15, -0.1) is 0 Å². The van der Waals surface area contributed by atoms with Crippen LogP contribution in [0, 0.1) is 22.7 Å². The summed E-state index contributed by atoms with van der Waals surface area (Å²) < 4.78 is 1.24. The molecular formula is C21H12ClN5O. The fourth-order valence-electron chi connectivity index (χ4n) is 3.82. The van der Waals surface area contributed by atoms with Gasteiger partial charge in [0.25, 0.3) is 5.56 Å². The molecule has 2 aromatic heterocycles. The fraction of sp³-hybridized carbons (Fsp3) is 0.143. The first-order valence-electron chi connectivity index (χ1n) is 8.73. The molecule has 1 saturated carbocycles. The van der Waals surface area contributed by atoms with Crippen LogP contribution in [0.3, 0.4) is 0 Å². The van der Waals surface area contributed by atoms with E-state index in [9.17, 15) is 10.1 Å². The Morgan fingerprint density at radius 2 is 1.86 bits per heavy atom. The summed E-state index contributed by atoms with van der Waals surface area (Å²) in [5.74, 6) is 0. The normalized spacial score (nSPS) is 14.7. The third-order valence-electron chi connectivity index (χ3n) is 5.42. The first-order chi connectivity index (χ1) is 13.6. The van der Waals surface area contributed by atoms with Crippen molar-refractivity contribution in [1.82, 2.24) is 14.6 Å². The van der Waals surface area contributed by atoms with E-state index in [1.54, 1.807) is 12.1 Å². The summed E-state index contributed by atoms with van der Waals surface area (Å²) in [6, 6.07) is 16.6. The van der Waals surface area contributed by atoms with Gasteiger partial charge < -0.3 is 4.98 Å². The lowest BCUT2D eigenvalue weighted by Crippen LogP contribution is -2.17. The molecule has 0 aliphatic heterocycles. The molecule has 2 aromatic carbocycles. The first-order valence-corrected chi connectivity index (χ1v) is 9.11. The maximum Gasteiger partial charge on any atom is 0.282 e. The molecule has 0 radical (unpaired) electrons. The van der Waals surface area contributed by atoms with Crippen LogP contribution >= 0.6 is 11.6 Å². The molecule has 134 valence electrons. The monoisotopic (exact) mass is 385 g/mol. The zero-order chi connectivity index (χ0) is 19.5. The molecule has 0 amide bonds. The predicted molar refractivity (Wildman–Crippen MR) is 104 cm³/mol. The summed E-state index contributed by atoms with van der Waals surface area (Å²) in [4.78, 5) is 16.2. The average molecular weight is 386 g/mol. The zero-order valence-corrected chi connectivity index (χ0v) is 15.3. The molecule has 1 aliphatic rings. The van der Waals surface area contributed by atoms with Gasteiger partial charge in [-0.05, 0) is 48.7 Å². The Labute approximate surface area is 164 Å². The van der Waals surface area contributed by atoms with E-state index >= 15 is 0 Å². The van der Waals surface area contributed by atoms with Crippen LogP contribution in [-0.4, -0.2) is 14.6 Å². The zero-order valence-electron chi connectivity index (χ0n) is 14.5. The number of aromatic amines is 1. The third kappa shape index (κ3) is 2.19. The Morgan fingerprint density at radius 3 is 2.50 bits per heavy atom. The number of fused-ring (bicyclic) bond motifs is 2. The number of halogens is 1. The number of aromatic nitrogens is 3. The second-order valence-electron chi connectivity index (χ2n) is 6.99. The Hall–Kier alpha value is -3.61. The molecule has 1 aliphatic carbocycles. The maximum atomic E-state index is 13.0. The van der Waals surface area contributed by atoms with Crippen LogP contribution in [0.25, 0.3) is 16.6 Å². The summed E-state index contributed by atoms with van der Waals surface area (Å²) in [6.45, 7) is 0. The largest absolute Gasteiger partial charge is 0.338 e. The Kier molecular flexibility index (Phi) is 3.37. The number of nitriles is 2. The molecule has 7 heteroatoms. The minimum atomic E-state index is -0.383. The van der Waals surface area contributed by atoms with Crippen molar-refractivity contribution in [3.05, 3.63) is 80.2 Å². The van der Waals surface area contributed by atoms with Gasteiger partial charge in [0.1, 0.15) is 11.6 Å². The minimum Gasteiger partial charge on any atom is -0.338 e. The van der Waals surface area contributed by atoms with E-state index in [1.165, 1.54) is 10.6 Å². The Morgan fingerprint density at radius 1 is 1.11 bits per heavy atom. The average Bonchev–Trinajstić information content (AvgIpc) is 3.43. The summed E-state index contributed by atoms with van der Waals surface area (Å²) in [7, 11) is 0. The van der Waals surface area contributed by atoms with Crippen LogP contribution in [0.2, 0.25) is 5.02 Å². The first kappa shape index (κ1) is 16.6. The SMILES string of the molecule is N#Cc1ccc2[nH]c3c(C#N)c(C4(c5ccc(Cl)cc5)CC4)nn3c(=O)c2c1. The van der Waals surface area contributed by atoms with Gasteiger partial charge in [-0.25, -0.2) is 0 Å². The highest BCUT2D eigenvalue weighted by molar-refractivity contribution is 6.30. The molecule has 28 heavy (non-hydrogen) atoms. The van der Waals surface area contributed by atoms with E-state index in [0.717, 1.165) is 18.4 Å². The molecule has 1 N–H and O–H groups in total. The highest BCUT2D eigenvalue weighted by Crippen LogP contribution is 2.54. The molecule has 0 atom stereocenters. The lowest BCUT2D eigenvalue weighted by Gasteiger charge is -2.13. The Bertz CT molecular complexity index is 1410. The van der Waals surface area contributed by atoms with Gasteiger partial charge in [0.2, 0.25) is 0 Å². The third-order valence-corrected chi connectivity index (χ3v) is 5.67. The van der Waals surface area contributed by atoms with E-state index in [2.05, 4.69) is 16.2 Å². The fourth-order valence-corrected chi connectivity index (χ4v) is 3.94. The second-order valence-corrected chi connectivity index (χ2v) is 7.42. The van der Waals surface area contributed by atoms with E-state index < -0.39 is 0 Å². The second kappa shape index (κ2) is 5.69. The van der Waals surface area contributed by atoms with Gasteiger partial charge in [-0.3, -0.25) is 4.79 Å². The number of nitrogens with zero attached hydrogens (tertiary/aromatic N) is 4. The summed E-state index contributed by atoms with van der Waals surface area (Å²) >= 11 is 6.01. The van der Waals surface area contributed by atoms with Crippen LogP contribution in [0.5, 0.6) is 0 Å².